The van der Waals surface area contributed by atoms with E-state index in [1.807, 2.05) is 53.4 Å². The Morgan fingerprint density at radius 2 is 1.83 bits per heavy atom. The van der Waals surface area contributed by atoms with Crippen LogP contribution in [-0.2, 0) is 16.0 Å². The maximum Gasteiger partial charge on any atom is 0.254 e. The van der Waals surface area contributed by atoms with Crippen molar-refractivity contribution in [2.24, 2.45) is 0 Å². The Hall–Kier alpha value is -2.66. The molecule has 1 heterocycles. The molecule has 1 fully saturated rings. The molecule has 5 nitrogen and oxygen atoms in total. The lowest BCUT2D eigenvalue weighted by Crippen LogP contribution is -2.60. The number of aryl methyl sites for hydroxylation is 1. The van der Waals surface area contributed by atoms with Crippen LogP contribution in [0.25, 0.3) is 0 Å². The van der Waals surface area contributed by atoms with Gasteiger partial charge in [-0.15, -0.1) is 0 Å². The average Bonchev–Trinajstić information content (AvgIpc) is 3.24. The molecule has 0 unspecified atom stereocenters. The van der Waals surface area contributed by atoms with E-state index in [1.54, 1.807) is 7.11 Å². The van der Waals surface area contributed by atoms with Gasteiger partial charge in [-0.2, -0.15) is 0 Å². The number of carbonyl (C=O) groups excluding carboxylic acids is 2. The second-order valence-corrected chi connectivity index (χ2v) is 8.28. The number of anilines is 1. The van der Waals surface area contributed by atoms with Crippen LogP contribution in [0.4, 0.5) is 5.69 Å². The predicted octanol–water partition coefficient (Wildman–Crippen LogP) is 4.39. The van der Waals surface area contributed by atoms with Gasteiger partial charge in [0.25, 0.3) is 5.91 Å². The minimum absolute atomic E-state index is 0.0163. The molecule has 2 aromatic rings. The van der Waals surface area contributed by atoms with Gasteiger partial charge in [-0.3, -0.25) is 9.59 Å². The lowest BCUT2D eigenvalue weighted by atomic mass is 9.71. The van der Waals surface area contributed by atoms with Crippen LogP contribution < -0.4 is 5.32 Å². The number of rotatable bonds is 6. The zero-order valence-electron chi connectivity index (χ0n) is 17.8. The topological polar surface area (TPSA) is 58.6 Å². The van der Waals surface area contributed by atoms with E-state index in [4.69, 9.17) is 4.74 Å². The number of hydrogen-bond acceptors (Lipinski definition) is 3. The molecule has 1 N–H and O–H groups in total. The first-order valence-corrected chi connectivity index (χ1v) is 10.9. The maximum absolute atomic E-state index is 13.8. The molecule has 0 saturated heterocycles. The second-order valence-electron chi connectivity index (χ2n) is 8.28. The van der Waals surface area contributed by atoms with Gasteiger partial charge < -0.3 is 15.0 Å². The van der Waals surface area contributed by atoms with Gasteiger partial charge in [-0.25, -0.2) is 0 Å². The summed E-state index contributed by atoms with van der Waals surface area (Å²) in [5.74, 6) is -0.404. The quantitative estimate of drug-likeness (QED) is 0.774. The van der Waals surface area contributed by atoms with Gasteiger partial charge in [0.2, 0.25) is 5.91 Å². The molecule has 2 aliphatic rings. The van der Waals surface area contributed by atoms with E-state index in [0.29, 0.717) is 18.7 Å². The lowest BCUT2D eigenvalue weighted by Gasteiger charge is -2.50. The summed E-state index contributed by atoms with van der Waals surface area (Å²) in [4.78, 5) is 29.2. The molecule has 0 radical (unpaired) electrons. The number of nitrogens with zero attached hydrogens (tertiary/aromatic N) is 1. The van der Waals surface area contributed by atoms with Crippen LogP contribution in [0.2, 0.25) is 0 Å². The number of carbonyl (C=O) groups is 2. The van der Waals surface area contributed by atoms with Crippen molar-refractivity contribution in [2.45, 2.75) is 50.5 Å². The van der Waals surface area contributed by atoms with Crippen LogP contribution in [0, 0.1) is 0 Å². The fraction of sp³-hybridized carbons (Fsp3) is 0.440. The summed E-state index contributed by atoms with van der Waals surface area (Å²) in [6, 6.07) is 15.6. The Morgan fingerprint density at radius 1 is 1.13 bits per heavy atom. The number of benzene rings is 2. The van der Waals surface area contributed by atoms with Gasteiger partial charge in [0.1, 0.15) is 0 Å². The van der Waals surface area contributed by atoms with Crippen molar-refractivity contribution in [3.8, 4) is 0 Å². The fourth-order valence-electron chi connectivity index (χ4n) is 5.33. The van der Waals surface area contributed by atoms with Crippen LogP contribution in [0.3, 0.4) is 0 Å². The highest BCUT2D eigenvalue weighted by Gasteiger charge is 2.55. The van der Waals surface area contributed by atoms with E-state index in [1.165, 1.54) is 0 Å². The van der Waals surface area contributed by atoms with Gasteiger partial charge in [-0.05, 0) is 42.5 Å². The van der Waals surface area contributed by atoms with Crippen molar-refractivity contribution in [3.05, 3.63) is 65.2 Å². The number of amides is 2. The number of methoxy groups -OCH3 is 1. The van der Waals surface area contributed by atoms with E-state index in [-0.39, 0.29) is 11.8 Å². The van der Waals surface area contributed by atoms with E-state index in [0.717, 1.165) is 48.9 Å². The third-order valence-corrected chi connectivity index (χ3v) is 6.73. The predicted molar refractivity (Wildman–Crippen MR) is 118 cm³/mol. The Balaban J connectivity index is 1.79. The molecule has 1 aliphatic heterocycles. The Kier molecular flexibility index (Phi) is 5.91. The summed E-state index contributed by atoms with van der Waals surface area (Å²) in [5.41, 5.74) is 2.97. The number of nitrogens with one attached hydrogen (secondary N) is 1. The molecule has 0 aromatic heterocycles. The van der Waals surface area contributed by atoms with Crippen molar-refractivity contribution in [1.82, 2.24) is 4.90 Å². The molecule has 0 bridgehead atoms. The average molecular weight is 407 g/mol. The minimum atomic E-state index is -0.491. The van der Waals surface area contributed by atoms with Crippen LogP contribution in [0.5, 0.6) is 0 Å². The highest BCUT2D eigenvalue weighted by Crippen LogP contribution is 2.50. The third kappa shape index (κ3) is 3.41. The molecule has 2 amide bonds. The number of hydrogen-bond donors (Lipinski definition) is 1. The summed E-state index contributed by atoms with van der Waals surface area (Å²) in [5, 5.41) is 3.21. The smallest absolute Gasteiger partial charge is 0.254 e. The molecule has 158 valence electrons. The summed E-state index contributed by atoms with van der Waals surface area (Å²) >= 11 is 0. The Bertz CT molecular complexity index is 933. The van der Waals surface area contributed by atoms with Gasteiger partial charge in [0.05, 0.1) is 18.1 Å². The van der Waals surface area contributed by atoms with E-state index in [2.05, 4.69) is 12.2 Å². The third-order valence-electron chi connectivity index (χ3n) is 6.73. The SMILES string of the molecule is CCc1ccccc1NC(=O)[C@H]1c2ccccc2C(=O)N(CCOC)C12CCCC2. The second kappa shape index (κ2) is 8.60. The lowest BCUT2D eigenvalue weighted by molar-refractivity contribution is -0.121. The first-order chi connectivity index (χ1) is 14.6. The molecular weight excluding hydrogens is 376 g/mol. The highest BCUT2D eigenvalue weighted by molar-refractivity contribution is 6.05. The van der Waals surface area contributed by atoms with Crippen LogP contribution in [-0.4, -0.2) is 42.5 Å². The van der Waals surface area contributed by atoms with Gasteiger partial charge in [0, 0.05) is 24.9 Å². The fourth-order valence-corrected chi connectivity index (χ4v) is 5.33. The van der Waals surface area contributed by atoms with Gasteiger partial charge in [0.15, 0.2) is 0 Å². The van der Waals surface area contributed by atoms with Crippen LogP contribution >= 0.6 is 0 Å². The monoisotopic (exact) mass is 406 g/mol. The van der Waals surface area contributed by atoms with Crippen molar-refractivity contribution in [3.63, 3.8) is 0 Å². The molecule has 30 heavy (non-hydrogen) atoms. The number of fused-ring (bicyclic) bond motifs is 1. The highest BCUT2D eigenvalue weighted by atomic mass is 16.5. The summed E-state index contributed by atoms with van der Waals surface area (Å²) < 4.78 is 5.31. The molecule has 4 rings (SSSR count). The van der Waals surface area contributed by atoms with Crippen molar-refractivity contribution in [2.75, 3.05) is 25.6 Å². The van der Waals surface area contributed by atoms with Crippen LogP contribution in [0.1, 0.15) is 60.0 Å². The van der Waals surface area contributed by atoms with Crippen LogP contribution in [0.15, 0.2) is 48.5 Å². The summed E-state index contributed by atoms with van der Waals surface area (Å²) in [6.07, 6.45) is 4.57. The molecule has 1 atom stereocenters. The number of ether oxygens (including phenoxy) is 1. The standard InChI is InChI=1S/C25H30N2O3/c1-3-18-10-4-7-13-21(18)26-23(28)22-19-11-5-6-12-20(19)24(29)27(16-17-30-2)25(22)14-8-9-15-25/h4-7,10-13,22H,3,8-9,14-17H2,1-2H3,(H,26,28)/t22-/m1/s1. The molecular formula is C25H30N2O3. The van der Waals surface area contributed by atoms with Gasteiger partial charge in [-0.1, -0.05) is 56.2 Å². The van der Waals surface area contributed by atoms with E-state index < -0.39 is 11.5 Å². The first-order valence-electron chi connectivity index (χ1n) is 10.9. The maximum atomic E-state index is 13.8. The molecule has 1 spiro atoms. The van der Waals surface area contributed by atoms with Crippen molar-refractivity contribution < 1.29 is 14.3 Å². The van der Waals surface area contributed by atoms with Gasteiger partial charge >= 0.3 is 0 Å². The first kappa shape index (κ1) is 20.6. The largest absolute Gasteiger partial charge is 0.383 e. The molecule has 1 saturated carbocycles. The Labute approximate surface area is 178 Å². The molecule has 5 heteroatoms. The normalized spacial score (nSPS) is 19.7. The van der Waals surface area contributed by atoms with Crippen molar-refractivity contribution in [1.29, 1.82) is 0 Å². The van der Waals surface area contributed by atoms with Crippen molar-refractivity contribution >= 4 is 17.5 Å². The minimum Gasteiger partial charge on any atom is -0.383 e. The zero-order chi connectivity index (χ0) is 21.1. The summed E-state index contributed by atoms with van der Waals surface area (Å²) in [6.45, 7) is 3.05. The number of para-hydroxylation sites is 1. The zero-order valence-corrected chi connectivity index (χ0v) is 17.8. The summed E-state index contributed by atoms with van der Waals surface area (Å²) in [7, 11) is 1.65. The van der Waals surface area contributed by atoms with E-state index in [9.17, 15) is 9.59 Å². The molecule has 2 aromatic carbocycles. The Morgan fingerprint density at radius 3 is 2.57 bits per heavy atom. The molecule has 1 aliphatic carbocycles. The van der Waals surface area contributed by atoms with E-state index >= 15 is 0 Å².